The van der Waals surface area contributed by atoms with Crippen molar-refractivity contribution in [2.45, 2.75) is 25.7 Å². The van der Waals surface area contributed by atoms with Gasteiger partial charge in [0.1, 0.15) is 5.82 Å². The molecule has 2 unspecified atom stereocenters. The second kappa shape index (κ2) is 7.01. The smallest absolute Gasteiger partial charge is 0.155 e. The predicted molar refractivity (Wildman–Crippen MR) is 84.5 cm³/mol. The van der Waals surface area contributed by atoms with Crippen molar-refractivity contribution in [1.29, 1.82) is 0 Å². The number of likely N-dealkylation sites (tertiary alicyclic amines) is 1. The van der Waals surface area contributed by atoms with Crippen LogP contribution in [0.25, 0.3) is 0 Å². The largest absolute Gasteiger partial charge is 0.302 e. The Morgan fingerprint density at radius 1 is 1.27 bits per heavy atom. The van der Waals surface area contributed by atoms with Gasteiger partial charge in [-0.1, -0.05) is 30.3 Å². The van der Waals surface area contributed by atoms with Gasteiger partial charge < -0.3 is 4.90 Å². The molecule has 0 bridgehead atoms. The third kappa shape index (κ3) is 3.53. The van der Waals surface area contributed by atoms with Gasteiger partial charge in [0.25, 0.3) is 0 Å². The van der Waals surface area contributed by atoms with Crippen LogP contribution in [0.1, 0.15) is 29.6 Å². The Balaban J connectivity index is 1.53. The van der Waals surface area contributed by atoms with E-state index in [0.29, 0.717) is 0 Å². The molecular weight excluding hydrogens is 279 g/mol. The Kier molecular flexibility index (Phi) is 4.83. The van der Waals surface area contributed by atoms with E-state index in [-0.39, 0.29) is 18.5 Å². The third-order valence-corrected chi connectivity index (χ3v) is 4.44. The summed E-state index contributed by atoms with van der Waals surface area (Å²) in [6, 6.07) is 10.5. The highest BCUT2D eigenvalue weighted by atomic mass is 19.1. The van der Waals surface area contributed by atoms with Crippen LogP contribution >= 0.6 is 0 Å². The maximum absolute atomic E-state index is 13.3. The summed E-state index contributed by atoms with van der Waals surface area (Å²) < 4.78 is 13.3. The number of halogens is 1. The minimum atomic E-state index is -0.298. The Labute approximate surface area is 130 Å². The summed E-state index contributed by atoms with van der Waals surface area (Å²) in [5.74, 6) is 1.71. The number of hydrogen-bond acceptors (Lipinski definition) is 3. The molecule has 0 saturated carbocycles. The average Bonchev–Trinajstić information content (AvgIpc) is 3.14. The topological polar surface area (TPSA) is 44.8 Å². The Hall–Kier alpha value is -1.75. The lowest BCUT2D eigenvalue weighted by molar-refractivity contribution is 0.299. The van der Waals surface area contributed by atoms with E-state index in [9.17, 15) is 4.39 Å². The van der Waals surface area contributed by atoms with Gasteiger partial charge in [0.2, 0.25) is 0 Å². The molecular formula is C17H23FN4. The number of nitrogens with one attached hydrogen (secondary N) is 1. The molecule has 1 N–H and O–H groups in total. The first kappa shape index (κ1) is 15.2. The Morgan fingerprint density at radius 2 is 2.09 bits per heavy atom. The molecule has 4 nitrogen and oxygen atoms in total. The molecule has 1 saturated heterocycles. The van der Waals surface area contributed by atoms with Crippen LogP contribution in [0.5, 0.6) is 0 Å². The predicted octanol–water partition coefficient (Wildman–Crippen LogP) is 2.73. The second-order valence-electron chi connectivity index (χ2n) is 6.15. The van der Waals surface area contributed by atoms with Crippen LogP contribution in [-0.2, 0) is 6.42 Å². The summed E-state index contributed by atoms with van der Waals surface area (Å²) in [6.07, 6.45) is 2.17. The third-order valence-electron chi connectivity index (χ3n) is 4.44. The molecule has 2 heterocycles. The molecule has 0 spiro atoms. The maximum Gasteiger partial charge on any atom is 0.155 e. The zero-order valence-electron chi connectivity index (χ0n) is 13.0. The SMILES string of the molecule is Cc1nc(C2CN(CCCc3ccccc3)CC2CF)n[nH]1. The lowest BCUT2D eigenvalue weighted by atomic mass is 9.97. The molecule has 1 aliphatic rings. The molecule has 1 aromatic heterocycles. The minimum absolute atomic E-state index is 0.0203. The number of benzene rings is 1. The number of H-pyrrole nitrogens is 1. The standard InChI is InChI=1S/C17H23FN4/c1-13-19-17(21-20-13)16-12-22(11-15(16)10-18)9-5-8-14-6-3-2-4-7-14/h2-4,6-7,15-16H,5,8-12H2,1H3,(H,19,20,21). The van der Waals surface area contributed by atoms with E-state index in [1.807, 2.05) is 13.0 Å². The van der Waals surface area contributed by atoms with Crippen LogP contribution < -0.4 is 0 Å². The van der Waals surface area contributed by atoms with Crippen molar-refractivity contribution in [3.63, 3.8) is 0 Å². The fourth-order valence-corrected chi connectivity index (χ4v) is 3.27. The first-order chi connectivity index (χ1) is 10.8. The van der Waals surface area contributed by atoms with Crippen molar-refractivity contribution in [2.75, 3.05) is 26.3 Å². The summed E-state index contributed by atoms with van der Waals surface area (Å²) >= 11 is 0. The lowest BCUT2D eigenvalue weighted by Crippen LogP contribution is -2.22. The first-order valence-electron chi connectivity index (χ1n) is 7.97. The van der Waals surface area contributed by atoms with Crippen LogP contribution in [0.2, 0.25) is 0 Å². The van der Waals surface area contributed by atoms with Crippen molar-refractivity contribution in [3.8, 4) is 0 Å². The number of aromatic amines is 1. The van der Waals surface area contributed by atoms with Crippen molar-refractivity contribution >= 4 is 0 Å². The Bertz CT molecular complexity index is 583. The summed E-state index contributed by atoms with van der Waals surface area (Å²) in [4.78, 5) is 6.74. The number of aromatic nitrogens is 3. The highest BCUT2D eigenvalue weighted by molar-refractivity contribution is 5.14. The van der Waals surface area contributed by atoms with Gasteiger partial charge in [0, 0.05) is 24.9 Å². The van der Waals surface area contributed by atoms with Gasteiger partial charge in [0.05, 0.1) is 6.67 Å². The molecule has 0 amide bonds. The van der Waals surface area contributed by atoms with Gasteiger partial charge in [-0.3, -0.25) is 9.49 Å². The number of rotatable bonds is 6. The minimum Gasteiger partial charge on any atom is -0.302 e. The van der Waals surface area contributed by atoms with E-state index in [1.54, 1.807) is 0 Å². The van der Waals surface area contributed by atoms with E-state index in [1.165, 1.54) is 5.56 Å². The second-order valence-corrected chi connectivity index (χ2v) is 6.15. The van der Waals surface area contributed by atoms with E-state index < -0.39 is 0 Å². The number of aryl methyl sites for hydroxylation is 2. The summed E-state index contributed by atoms with van der Waals surface area (Å²) in [6.45, 7) is 4.26. The summed E-state index contributed by atoms with van der Waals surface area (Å²) in [5, 5.41) is 7.10. The molecule has 3 rings (SSSR count). The Morgan fingerprint density at radius 3 is 2.77 bits per heavy atom. The lowest BCUT2D eigenvalue weighted by Gasteiger charge is -2.15. The van der Waals surface area contributed by atoms with Crippen LogP contribution in [0.3, 0.4) is 0 Å². The molecule has 2 aromatic rings. The maximum atomic E-state index is 13.3. The molecule has 118 valence electrons. The number of nitrogens with zero attached hydrogens (tertiary/aromatic N) is 3. The van der Waals surface area contributed by atoms with Crippen LogP contribution in [0.15, 0.2) is 30.3 Å². The molecule has 5 heteroatoms. The van der Waals surface area contributed by atoms with Crippen LogP contribution in [0, 0.1) is 12.8 Å². The number of hydrogen-bond donors (Lipinski definition) is 1. The van der Waals surface area contributed by atoms with Crippen LogP contribution in [0.4, 0.5) is 4.39 Å². The molecule has 22 heavy (non-hydrogen) atoms. The highest BCUT2D eigenvalue weighted by Crippen LogP contribution is 2.31. The average molecular weight is 302 g/mol. The first-order valence-corrected chi connectivity index (χ1v) is 7.97. The molecule has 0 radical (unpaired) electrons. The van der Waals surface area contributed by atoms with E-state index in [0.717, 1.165) is 44.1 Å². The van der Waals surface area contributed by atoms with Gasteiger partial charge >= 0.3 is 0 Å². The van der Waals surface area contributed by atoms with Gasteiger partial charge in [-0.05, 0) is 31.9 Å². The summed E-state index contributed by atoms with van der Waals surface area (Å²) in [5.41, 5.74) is 1.37. The van der Waals surface area contributed by atoms with Crippen molar-refractivity contribution in [2.24, 2.45) is 5.92 Å². The fourth-order valence-electron chi connectivity index (χ4n) is 3.27. The zero-order valence-corrected chi connectivity index (χ0v) is 13.0. The normalized spacial score (nSPS) is 22.3. The highest BCUT2D eigenvalue weighted by Gasteiger charge is 2.35. The van der Waals surface area contributed by atoms with Gasteiger partial charge in [-0.2, -0.15) is 5.10 Å². The fraction of sp³-hybridized carbons (Fsp3) is 0.529. The van der Waals surface area contributed by atoms with Crippen molar-refractivity contribution in [1.82, 2.24) is 20.1 Å². The zero-order chi connectivity index (χ0) is 15.4. The molecule has 1 aliphatic heterocycles. The molecule has 1 fully saturated rings. The van der Waals surface area contributed by atoms with Crippen LogP contribution in [-0.4, -0.2) is 46.4 Å². The molecule has 1 aromatic carbocycles. The molecule has 0 aliphatic carbocycles. The van der Waals surface area contributed by atoms with E-state index >= 15 is 0 Å². The summed E-state index contributed by atoms with van der Waals surface area (Å²) in [7, 11) is 0. The van der Waals surface area contributed by atoms with Gasteiger partial charge in [0.15, 0.2) is 5.82 Å². The van der Waals surface area contributed by atoms with E-state index in [2.05, 4.69) is 44.3 Å². The van der Waals surface area contributed by atoms with E-state index in [4.69, 9.17) is 0 Å². The van der Waals surface area contributed by atoms with Gasteiger partial charge in [-0.15, -0.1) is 0 Å². The number of alkyl halides is 1. The van der Waals surface area contributed by atoms with Crippen molar-refractivity contribution in [3.05, 3.63) is 47.5 Å². The van der Waals surface area contributed by atoms with Gasteiger partial charge in [-0.25, -0.2) is 4.98 Å². The monoisotopic (exact) mass is 302 g/mol. The quantitative estimate of drug-likeness (QED) is 0.892. The van der Waals surface area contributed by atoms with Crippen molar-refractivity contribution < 1.29 is 4.39 Å². The molecule has 2 atom stereocenters.